The molecule has 1 rings (SSSR count). The van der Waals surface area contributed by atoms with E-state index in [1.54, 1.807) is 0 Å². The summed E-state index contributed by atoms with van der Waals surface area (Å²) in [5, 5.41) is 0. The minimum atomic E-state index is 0.569. The van der Waals surface area contributed by atoms with E-state index in [0.29, 0.717) is 12.1 Å². The van der Waals surface area contributed by atoms with Gasteiger partial charge in [-0.1, -0.05) is 63.6 Å². The third kappa shape index (κ3) is 3.58. The van der Waals surface area contributed by atoms with Gasteiger partial charge in [0.15, 0.2) is 0 Å². The summed E-state index contributed by atoms with van der Waals surface area (Å²) in [5.74, 6) is 0. The largest absolute Gasteiger partial charge is 0.336 e. The Kier molecular flexibility index (Phi) is 4.74. The molecule has 0 unspecified atom stereocenters. The zero-order chi connectivity index (χ0) is 11.4. The lowest BCUT2D eigenvalue weighted by molar-refractivity contribution is 0.314. The van der Waals surface area contributed by atoms with Gasteiger partial charge in [0.1, 0.15) is 0 Å². The van der Waals surface area contributed by atoms with Crippen LogP contribution in [0.5, 0.6) is 0 Å². The lowest BCUT2D eigenvalue weighted by atomic mass is 9.73. The molecule has 1 aliphatic rings. The summed E-state index contributed by atoms with van der Waals surface area (Å²) < 4.78 is 0. The average molecular weight is 221 g/mol. The van der Waals surface area contributed by atoms with E-state index in [1.807, 2.05) is 0 Å². The van der Waals surface area contributed by atoms with Gasteiger partial charge in [0.2, 0.25) is 7.41 Å². The Morgan fingerprint density at radius 1 is 1.27 bits per heavy atom. The van der Waals surface area contributed by atoms with E-state index in [4.69, 9.17) is 12.2 Å². The van der Waals surface area contributed by atoms with Crippen molar-refractivity contribution >= 4 is 24.5 Å². The molecule has 0 aromatic carbocycles. The molecule has 0 amide bonds. The first-order valence-corrected chi connectivity index (χ1v) is 6.08. The van der Waals surface area contributed by atoms with Crippen molar-refractivity contribution in [2.24, 2.45) is 0 Å². The van der Waals surface area contributed by atoms with Crippen molar-refractivity contribution in [3.63, 3.8) is 0 Å². The van der Waals surface area contributed by atoms with Gasteiger partial charge >= 0.3 is 0 Å². The van der Waals surface area contributed by atoms with E-state index in [-0.39, 0.29) is 0 Å². The molecule has 0 spiro atoms. The highest BCUT2D eigenvalue weighted by Crippen LogP contribution is 2.13. The van der Waals surface area contributed by atoms with Gasteiger partial charge in [0, 0.05) is 11.3 Å². The van der Waals surface area contributed by atoms with Gasteiger partial charge < -0.3 is 4.81 Å². The summed E-state index contributed by atoms with van der Waals surface area (Å²) in [7, 11) is 0.985. The second kappa shape index (κ2) is 5.62. The fraction of sp³-hybridized carbons (Fsp3) is 0.583. The quantitative estimate of drug-likeness (QED) is 0.530. The third-order valence-corrected chi connectivity index (χ3v) is 3.20. The van der Waals surface area contributed by atoms with E-state index in [2.05, 4.69) is 50.7 Å². The minimum absolute atomic E-state index is 0.569. The number of rotatable bonds is 4. The van der Waals surface area contributed by atoms with Crippen LogP contribution in [-0.2, 0) is 0 Å². The van der Waals surface area contributed by atoms with Gasteiger partial charge in [-0.25, -0.2) is 0 Å². The summed E-state index contributed by atoms with van der Waals surface area (Å²) in [6, 6.07) is 1.14. The molecular formula is C12H20BNS. The normalized spacial score (nSPS) is 16.5. The van der Waals surface area contributed by atoms with Gasteiger partial charge in [-0.05, 0) is 12.1 Å². The van der Waals surface area contributed by atoms with Gasteiger partial charge in [0.05, 0.1) is 0 Å². The molecule has 0 fully saturated rings. The average Bonchev–Trinajstić information content (AvgIpc) is 2.15. The number of thiocarbonyl (C=S) groups is 1. The Balaban J connectivity index is 2.69. The molecule has 0 aliphatic heterocycles. The first-order valence-electron chi connectivity index (χ1n) is 5.67. The van der Waals surface area contributed by atoms with E-state index < -0.39 is 0 Å². The second-order valence-corrected chi connectivity index (χ2v) is 5.10. The van der Waals surface area contributed by atoms with Crippen LogP contribution in [0.1, 0.15) is 34.1 Å². The molecule has 1 aliphatic carbocycles. The van der Waals surface area contributed by atoms with Crippen molar-refractivity contribution in [2.75, 3.05) is 0 Å². The van der Waals surface area contributed by atoms with Crippen molar-refractivity contribution in [1.29, 1.82) is 0 Å². The zero-order valence-electron chi connectivity index (χ0n) is 10.2. The first kappa shape index (κ1) is 12.7. The molecule has 0 saturated heterocycles. The number of hydrogen-bond acceptors (Lipinski definition) is 2. The minimum Gasteiger partial charge on any atom is -0.336 e. The van der Waals surface area contributed by atoms with E-state index in [0.717, 1.165) is 18.7 Å². The van der Waals surface area contributed by atoms with Crippen LogP contribution in [0.3, 0.4) is 0 Å². The molecule has 15 heavy (non-hydrogen) atoms. The van der Waals surface area contributed by atoms with Crippen LogP contribution in [0.25, 0.3) is 0 Å². The molecule has 0 radical (unpaired) electrons. The summed E-state index contributed by atoms with van der Waals surface area (Å²) in [6.07, 6.45) is 7.33. The molecule has 0 atom stereocenters. The number of hydrogen-bond donors (Lipinski definition) is 0. The number of nitrogens with zero attached hydrogens (tertiary/aromatic N) is 1. The zero-order valence-corrected chi connectivity index (χ0v) is 11.0. The van der Waals surface area contributed by atoms with E-state index >= 15 is 0 Å². The maximum atomic E-state index is 5.37. The van der Waals surface area contributed by atoms with Crippen LogP contribution < -0.4 is 0 Å². The molecule has 0 aromatic heterocycles. The Morgan fingerprint density at radius 3 is 2.33 bits per heavy atom. The number of allylic oxidation sites excluding steroid dienone is 4. The highest BCUT2D eigenvalue weighted by Gasteiger charge is 2.18. The highest BCUT2D eigenvalue weighted by atomic mass is 32.1. The lowest BCUT2D eigenvalue weighted by Crippen LogP contribution is -2.42. The summed E-state index contributed by atoms with van der Waals surface area (Å²) in [4.78, 5) is 3.57. The monoisotopic (exact) mass is 221 g/mol. The third-order valence-electron chi connectivity index (χ3n) is 2.77. The smallest absolute Gasteiger partial charge is 0.240 e. The van der Waals surface area contributed by atoms with E-state index in [1.165, 1.54) is 5.47 Å². The van der Waals surface area contributed by atoms with Gasteiger partial charge in [-0.15, -0.1) is 0 Å². The van der Waals surface area contributed by atoms with Crippen molar-refractivity contribution in [1.82, 2.24) is 4.81 Å². The Bertz CT molecular complexity index is 284. The van der Waals surface area contributed by atoms with E-state index in [9.17, 15) is 0 Å². The predicted molar refractivity (Wildman–Crippen MR) is 73.7 cm³/mol. The van der Waals surface area contributed by atoms with Crippen LogP contribution in [0.4, 0.5) is 0 Å². The van der Waals surface area contributed by atoms with Crippen molar-refractivity contribution in [3.8, 4) is 0 Å². The van der Waals surface area contributed by atoms with Crippen LogP contribution in [0.2, 0.25) is 0 Å². The van der Waals surface area contributed by atoms with Crippen LogP contribution in [0.15, 0.2) is 23.7 Å². The molecule has 0 bridgehead atoms. The topological polar surface area (TPSA) is 3.24 Å². The van der Waals surface area contributed by atoms with Crippen LogP contribution >= 0.6 is 12.2 Å². The molecule has 3 heteroatoms. The Hall–Kier alpha value is -0.405. The van der Waals surface area contributed by atoms with Crippen molar-refractivity contribution < 1.29 is 0 Å². The molecule has 82 valence electrons. The van der Waals surface area contributed by atoms with Gasteiger partial charge in [-0.3, -0.25) is 0 Å². The summed E-state index contributed by atoms with van der Waals surface area (Å²) in [5.41, 5.74) is 1.31. The summed E-state index contributed by atoms with van der Waals surface area (Å²) >= 11 is 5.37. The molecule has 0 N–H and O–H groups in total. The standard InChI is InChI=1S/C12H20BNS/c1-9(2)14(10(3)4)13-11-7-5-6-8-12(11)15/h5-7,9-10,13H,8H2,1-4H3. The maximum absolute atomic E-state index is 5.37. The van der Waals surface area contributed by atoms with Gasteiger partial charge in [0.25, 0.3) is 0 Å². The fourth-order valence-corrected chi connectivity index (χ4v) is 2.11. The molecule has 0 heterocycles. The summed E-state index contributed by atoms with van der Waals surface area (Å²) in [6.45, 7) is 8.95. The van der Waals surface area contributed by atoms with Gasteiger partial charge in [-0.2, -0.15) is 0 Å². The molecular weight excluding hydrogens is 201 g/mol. The Labute approximate surface area is 99.5 Å². The molecule has 1 nitrogen and oxygen atoms in total. The van der Waals surface area contributed by atoms with Crippen molar-refractivity contribution in [2.45, 2.75) is 46.2 Å². The maximum Gasteiger partial charge on any atom is 0.240 e. The predicted octanol–water partition coefficient (Wildman–Crippen LogP) is 2.67. The Morgan fingerprint density at radius 2 is 1.87 bits per heavy atom. The van der Waals surface area contributed by atoms with Crippen LogP contribution in [0, 0.1) is 0 Å². The fourth-order valence-electron chi connectivity index (χ4n) is 1.88. The molecule has 0 aromatic rings. The first-order chi connectivity index (χ1) is 7.02. The second-order valence-electron chi connectivity index (χ2n) is 4.61. The van der Waals surface area contributed by atoms with Crippen LogP contribution in [-0.4, -0.2) is 29.2 Å². The highest BCUT2D eigenvalue weighted by molar-refractivity contribution is 7.81. The molecule has 0 saturated carbocycles. The lowest BCUT2D eigenvalue weighted by Gasteiger charge is -2.31. The SMILES string of the molecule is CC(C)N(BC1=CC=CCC1=S)C(C)C. The van der Waals surface area contributed by atoms with Crippen molar-refractivity contribution in [3.05, 3.63) is 23.7 Å².